The highest BCUT2D eigenvalue weighted by atomic mass is 15.2. The largest absolute Gasteiger partial charge is 0.331 e. The molecule has 1 fully saturated rings. The van der Waals surface area contributed by atoms with Crippen molar-refractivity contribution in [1.82, 2.24) is 19.8 Å². The topological polar surface area (TPSA) is 33.1 Å². The van der Waals surface area contributed by atoms with Crippen molar-refractivity contribution in [1.29, 1.82) is 0 Å². The van der Waals surface area contributed by atoms with E-state index in [1.54, 1.807) is 0 Å². The van der Waals surface area contributed by atoms with Crippen LogP contribution in [0.2, 0.25) is 0 Å². The number of aromatic nitrogens is 2. The van der Waals surface area contributed by atoms with Gasteiger partial charge in [0.05, 0.1) is 11.7 Å². The van der Waals surface area contributed by atoms with E-state index in [1.807, 2.05) is 7.05 Å². The summed E-state index contributed by atoms with van der Waals surface area (Å²) in [6.07, 6.45) is 3.97. The quantitative estimate of drug-likeness (QED) is 0.921. The molecule has 1 aromatic heterocycles. The average molecular weight is 312 g/mol. The monoisotopic (exact) mass is 312 g/mol. The summed E-state index contributed by atoms with van der Waals surface area (Å²) in [5.41, 5.74) is 3.68. The maximum Gasteiger partial charge on any atom is 0.140 e. The normalized spacial score (nSPS) is 17.3. The van der Waals surface area contributed by atoms with Crippen LogP contribution in [0, 0.1) is 6.92 Å². The molecule has 1 saturated heterocycles. The predicted octanol–water partition coefficient (Wildman–Crippen LogP) is 3.14. The van der Waals surface area contributed by atoms with Gasteiger partial charge in [-0.05, 0) is 39.9 Å². The molecule has 124 valence electrons. The Kier molecular flexibility index (Phi) is 5.13. The van der Waals surface area contributed by atoms with Crippen LogP contribution in [0.1, 0.15) is 36.7 Å². The predicted molar refractivity (Wildman–Crippen MR) is 95.5 cm³/mol. The highest BCUT2D eigenvalue weighted by Crippen LogP contribution is 2.29. The first-order valence-electron chi connectivity index (χ1n) is 8.69. The van der Waals surface area contributed by atoms with Gasteiger partial charge in [0.2, 0.25) is 0 Å². The Morgan fingerprint density at radius 3 is 2.48 bits per heavy atom. The number of nitrogens with one attached hydrogen (secondary N) is 1. The SMILES string of the molecule is CNCC(c1nc(-c2ccccc2)n(C)c1C)N1CCCCC1. The first-order valence-corrected chi connectivity index (χ1v) is 8.69. The number of hydrogen-bond acceptors (Lipinski definition) is 3. The molecular weight excluding hydrogens is 284 g/mol. The van der Waals surface area contributed by atoms with Gasteiger partial charge in [-0.25, -0.2) is 4.98 Å². The Balaban J connectivity index is 1.96. The number of benzene rings is 1. The van der Waals surface area contributed by atoms with Crippen LogP contribution in [0.15, 0.2) is 30.3 Å². The molecule has 1 atom stereocenters. The van der Waals surface area contributed by atoms with Gasteiger partial charge in [0.1, 0.15) is 5.82 Å². The van der Waals surface area contributed by atoms with Crippen LogP contribution < -0.4 is 5.32 Å². The molecule has 3 rings (SSSR count). The fraction of sp³-hybridized carbons (Fsp3) is 0.526. The van der Waals surface area contributed by atoms with Crippen LogP contribution in [0.25, 0.3) is 11.4 Å². The van der Waals surface area contributed by atoms with Crippen molar-refractivity contribution < 1.29 is 0 Å². The smallest absolute Gasteiger partial charge is 0.140 e. The van der Waals surface area contributed by atoms with Crippen LogP contribution in [-0.4, -0.2) is 41.1 Å². The molecule has 1 N–H and O–H groups in total. The van der Waals surface area contributed by atoms with Crippen LogP contribution in [0.3, 0.4) is 0 Å². The third-order valence-electron chi connectivity index (χ3n) is 4.99. The summed E-state index contributed by atoms with van der Waals surface area (Å²) in [5, 5.41) is 3.37. The van der Waals surface area contributed by atoms with Gasteiger partial charge < -0.3 is 9.88 Å². The van der Waals surface area contributed by atoms with Gasteiger partial charge in [0.15, 0.2) is 0 Å². The molecule has 23 heavy (non-hydrogen) atoms. The highest BCUT2D eigenvalue weighted by molar-refractivity contribution is 5.56. The minimum atomic E-state index is 0.365. The lowest BCUT2D eigenvalue weighted by Crippen LogP contribution is -2.38. The molecule has 1 aromatic carbocycles. The van der Waals surface area contributed by atoms with E-state index in [0.717, 1.165) is 12.4 Å². The molecule has 1 aliphatic rings. The molecule has 0 radical (unpaired) electrons. The number of rotatable bonds is 5. The summed E-state index contributed by atoms with van der Waals surface area (Å²) in [5.74, 6) is 1.07. The zero-order chi connectivity index (χ0) is 16.2. The Bertz CT molecular complexity index is 626. The second kappa shape index (κ2) is 7.28. The summed E-state index contributed by atoms with van der Waals surface area (Å²) in [6.45, 7) is 5.51. The zero-order valence-electron chi connectivity index (χ0n) is 14.5. The summed E-state index contributed by atoms with van der Waals surface area (Å²) in [4.78, 5) is 7.66. The van der Waals surface area contributed by atoms with E-state index in [-0.39, 0.29) is 0 Å². The molecule has 4 nitrogen and oxygen atoms in total. The minimum Gasteiger partial charge on any atom is -0.331 e. The van der Waals surface area contributed by atoms with Gasteiger partial charge in [-0.2, -0.15) is 0 Å². The van der Waals surface area contributed by atoms with E-state index >= 15 is 0 Å². The molecule has 1 unspecified atom stereocenters. The maximum absolute atomic E-state index is 5.06. The van der Waals surface area contributed by atoms with Crippen molar-refractivity contribution in [3.63, 3.8) is 0 Å². The number of piperidine rings is 1. The lowest BCUT2D eigenvalue weighted by Gasteiger charge is -2.34. The van der Waals surface area contributed by atoms with Crippen molar-refractivity contribution in [3.05, 3.63) is 41.7 Å². The second-order valence-corrected chi connectivity index (χ2v) is 6.50. The van der Waals surface area contributed by atoms with Crippen LogP contribution in [-0.2, 0) is 7.05 Å². The molecule has 2 aromatic rings. The molecule has 4 heteroatoms. The van der Waals surface area contributed by atoms with E-state index < -0.39 is 0 Å². The van der Waals surface area contributed by atoms with Crippen molar-refractivity contribution in [2.75, 3.05) is 26.7 Å². The molecule has 0 bridgehead atoms. The third-order valence-corrected chi connectivity index (χ3v) is 4.99. The standard InChI is InChI=1S/C19H28N4/c1-15-18(17(14-20-2)23-12-8-5-9-13-23)21-19(22(15)3)16-10-6-4-7-11-16/h4,6-7,10-11,17,20H,5,8-9,12-14H2,1-3H3. The van der Waals surface area contributed by atoms with Gasteiger partial charge in [0.25, 0.3) is 0 Å². The maximum atomic E-state index is 5.06. The van der Waals surface area contributed by atoms with Gasteiger partial charge >= 0.3 is 0 Å². The van der Waals surface area contributed by atoms with Crippen molar-refractivity contribution in [3.8, 4) is 11.4 Å². The van der Waals surface area contributed by atoms with E-state index in [9.17, 15) is 0 Å². The van der Waals surface area contributed by atoms with Crippen LogP contribution >= 0.6 is 0 Å². The summed E-state index contributed by atoms with van der Waals surface area (Å²) >= 11 is 0. The Morgan fingerprint density at radius 2 is 1.83 bits per heavy atom. The number of likely N-dealkylation sites (tertiary alicyclic amines) is 1. The van der Waals surface area contributed by atoms with E-state index in [4.69, 9.17) is 4.98 Å². The van der Waals surface area contributed by atoms with Crippen LogP contribution in [0.5, 0.6) is 0 Å². The number of likely N-dealkylation sites (N-methyl/N-ethyl adjacent to an activating group) is 1. The van der Waals surface area contributed by atoms with Gasteiger partial charge in [-0.3, -0.25) is 4.90 Å². The fourth-order valence-electron chi connectivity index (χ4n) is 3.58. The molecule has 0 spiro atoms. The lowest BCUT2D eigenvalue weighted by atomic mass is 10.0. The molecule has 0 amide bonds. The average Bonchev–Trinajstić information content (AvgIpc) is 2.90. The Hall–Kier alpha value is -1.65. The fourth-order valence-corrected chi connectivity index (χ4v) is 3.58. The van der Waals surface area contributed by atoms with Gasteiger partial charge in [-0.1, -0.05) is 36.8 Å². The molecular formula is C19H28N4. The summed E-state index contributed by atoms with van der Waals surface area (Å²) in [7, 11) is 4.16. The third kappa shape index (κ3) is 3.33. The van der Waals surface area contributed by atoms with Gasteiger partial charge in [0, 0.05) is 24.8 Å². The Labute approximate surface area is 139 Å². The van der Waals surface area contributed by atoms with Crippen molar-refractivity contribution in [2.24, 2.45) is 7.05 Å². The number of nitrogens with zero attached hydrogens (tertiary/aromatic N) is 3. The van der Waals surface area contributed by atoms with E-state index in [1.165, 1.54) is 49.3 Å². The number of hydrogen-bond donors (Lipinski definition) is 1. The molecule has 1 aliphatic heterocycles. The van der Waals surface area contributed by atoms with Crippen molar-refractivity contribution >= 4 is 0 Å². The first-order chi connectivity index (χ1) is 11.2. The molecule has 0 saturated carbocycles. The molecule has 2 heterocycles. The Morgan fingerprint density at radius 1 is 1.13 bits per heavy atom. The summed E-state index contributed by atoms with van der Waals surface area (Å²) < 4.78 is 2.23. The molecule has 0 aliphatic carbocycles. The lowest BCUT2D eigenvalue weighted by molar-refractivity contribution is 0.159. The zero-order valence-corrected chi connectivity index (χ0v) is 14.5. The second-order valence-electron chi connectivity index (χ2n) is 6.50. The highest BCUT2D eigenvalue weighted by Gasteiger charge is 2.27. The van der Waals surface area contributed by atoms with Crippen molar-refractivity contribution in [2.45, 2.75) is 32.2 Å². The van der Waals surface area contributed by atoms with Gasteiger partial charge in [-0.15, -0.1) is 0 Å². The summed E-state index contributed by atoms with van der Waals surface area (Å²) in [6, 6.07) is 10.9. The van der Waals surface area contributed by atoms with E-state index in [2.05, 4.69) is 59.1 Å². The van der Waals surface area contributed by atoms with Crippen LogP contribution in [0.4, 0.5) is 0 Å². The first kappa shape index (κ1) is 16.2. The number of imidazole rings is 1. The van der Waals surface area contributed by atoms with E-state index in [0.29, 0.717) is 6.04 Å². The minimum absolute atomic E-state index is 0.365.